The number of carbonyl (C=O) groups is 1. The second-order valence-corrected chi connectivity index (χ2v) is 7.55. The molecule has 1 amide bonds. The summed E-state index contributed by atoms with van der Waals surface area (Å²) in [5, 5.41) is 13.9. The number of ether oxygens (including phenoxy) is 2. The molecule has 1 fully saturated rings. The van der Waals surface area contributed by atoms with Gasteiger partial charge >= 0.3 is 6.18 Å². The van der Waals surface area contributed by atoms with Crippen molar-refractivity contribution in [2.75, 3.05) is 44.3 Å². The molecule has 1 aliphatic rings. The fourth-order valence-electron chi connectivity index (χ4n) is 3.42. The molecule has 1 aliphatic heterocycles. The molecule has 0 aromatic carbocycles. The van der Waals surface area contributed by atoms with Gasteiger partial charge in [0.25, 0.3) is 5.56 Å². The molecule has 182 valence electrons. The van der Waals surface area contributed by atoms with Gasteiger partial charge in [0, 0.05) is 32.4 Å². The van der Waals surface area contributed by atoms with Crippen molar-refractivity contribution in [1.82, 2.24) is 20.1 Å². The Kier molecular flexibility index (Phi) is 8.06. The van der Waals surface area contributed by atoms with Crippen LogP contribution in [0.4, 0.5) is 19.0 Å². The number of amides is 1. The maximum Gasteiger partial charge on any atom is 0.425 e. The summed E-state index contributed by atoms with van der Waals surface area (Å²) in [6, 6.07) is 5.48. The van der Waals surface area contributed by atoms with Crippen LogP contribution in [0.25, 0.3) is 0 Å². The lowest BCUT2D eigenvalue weighted by molar-refractivity contribution is -0.140. The van der Waals surface area contributed by atoms with Crippen molar-refractivity contribution in [3.05, 3.63) is 46.0 Å². The van der Waals surface area contributed by atoms with Gasteiger partial charge in [0.2, 0.25) is 5.91 Å². The van der Waals surface area contributed by atoms with Crippen LogP contribution >= 0.6 is 0 Å². The van der Waals surface area contributed by atoms with Crippen LogP contribution in [0.5, 0.6) is 5.75 Å². The van der Waals surface area contributed by atoms with E-state index >= 15 is 0 Å². The smallest absolute Gasteiger partial charge is 0.425 e. The Morgan fingerprint density at radius 3 is 2.59 bits per heavy atom. The van der Waals surface area contributed by atoms with Gasteiger partial charge in [-0.15, -0.1) is 0 Å². The van der Waals surface area contributed by atoms with Gasteiger partial charge in [-0.25, -0.2) is 10.1 Å². The van der Waals surface area contributed by atoms with Crippen LogP contribution in [-0.2, 0) is 15.7 Å². The minimum Gasteiger partial charge on any atom is -0.489 e. The van der Waals surface area contributed by atoms with E-state index in [0.717, 1.165) is 12.0 Å². The summed E-state index contributed by atoms with van der Waals surface area (Å²) >= 11 is 0. The Hall–Kier alpha value is -3.66. The second-order valence-electron chi connectivity index (χ2n) is 7.55. The van der Waals surface area contributed by atoms with Crippen LogP contribution in [0.15, 0.2) is 29.3 Å². The van der Waals surface area contributed by atoms with E-state index in [2.05, 4.69) is 10.1 Å². The van der Waals surface area contributed by atoms with E-state index in [1.807, 2.05) is 11.0 Å². The zero-order valence-corrected chi connectivity index (χ0v) is 18.3. The molecule has 13 heteroatoms. The summed E-state index contributed by atoms with van der Waals surface area (Å²) in [6.07, 6.45) is -2.97. The van der Waals surface area contributed by atoms with Gasteiger partial charge in [0.1, 0.15) is 18.5 Å². The number of nitrogens with one attached hydrogen (secondary N) is 1. The van der Waals surface area contributed by atoms with Gasteiger partial charge in [0.15, 0.2) is 11.3 Å². The number of aromatic amines is 1. The molecule has 10 nitrogen and oxygen atoms in total. The van der Waals surface area contributed by atoms with Crippen LogP contribution in [0.2, 0.25) is 0 Å². The molecule has 0 saturated carbocycles. The average Bonchev–Trinajstić information content (AvgIpc) is 2.81. The maximum absolute atomic E-state index is 13.0. The van der Waals surface area contributed by atoms with E-state index in [-0.39, 0.29) is 25.5 Å². The SMILES string of the molecule is C[C@H](CC(=O)N1CCN(c2ccc(C#N)cn2)CC1)OCCOc1cn[nH]c(=O)c1C(F)(F)F. The predicted octanol–water partition coefficient (Wildman–Crippen LogP) is 1.58. The molecule has 2 aromatic rings. The molecule has 0 spiro atoms. The largest absolute Gasteiger partial charge is 0.489 e. The Balaban J connectivity index is 1.40. The lowest BCUT2D eigenvalue weighted by Crippen LogP contribution is -2.49. The summed E-state index contributed by atoms with van der Waals surface area (Å²) in [5.74, 6) is -0.0377. The van der Waals surface area contributed by atoms with Gasteiger partial charge in [-0.05, 0) is 19.1 Å². The minimum atomic E-state index is -4.88. The number of piperazine rings is 1. The minimum absolute atomic E-state index is 0.0727. The van der Waals surface area contributed by atoms with Crippen LogP contribution < -0.4 is 15.2 Å². The molecule has 0 radical (unpaired) electrons. The van der Waals surface area contributed by atoms with Crippen molar-refractivity contribution in [3.63, 3.8) is 0 Å². The zero-order valence-electron chi connectivity index (χ0n) is 18.3. The number of nitrogens with zero attached hydrogens (tertiary/aromatic N) is 5. The van der Waals surface area contributed by atoms with Crippen LogP contribution in [0, 0.1) is 11.3 Å². The summed E-state index contributed by atoms with van der Waals surface area (Å²) in [6.45, 7) is 3.57. The maximum atomic E-state index is 13.0. The molecular weight excluding hydrogens is 457 g/mol. The lowest BCUT2D eigenvalue weighted by Gasteiger charge is -2.35. The molecule has 3 heterocycles. The third-order valence-corrected chi connectivity index (χ3v) is 5.14. The van der Waals surface area contributed by atoms with Crippen LogP contribution in [0.3, 0.4) is 0 Å². The fraction of sp³-hybridized carbons (Fsp3) is 0.476. The summed E-state index contributed by atoms with van der Waals surface area (Å²) in [7, 11) is 0. The van der Waals surface area contributed by atoms with Crippen molar-refractivity contribution < 1.29 is 27.4 Å². The highest BCUT2D eigenvalue weighted by atomic mass is 19.4. The van der Waals surface area contributed by atoms with Gasteiger partial charge in [-0.2, -0.15) is 23.5 Å². The summed E-state index contributed by atoms with van der Waals surface area (Å²) < 4.78 is 49.5. The van der Waals surface area contributed by atoms with E-state index < -0.39 is 29.2 Å². The van der Waals surface area contributed by atoms with Crippen molar-refractivity contribution in [3.8, 4) is 11.8 Å². The molecule has 0 unspecified atom stereocenters. The first-order valence-electron chi connectivity index (χ1n) is 10.5. The topological polar surface area (TPSA) is 124 Å². The van der Waals surface area contributed by atoms with E-state index in [4.69, 9.17) is 14.7 Å². The first kappa shape index (κ1) is 25.0. The number of alkyl halides is 3. The third kappa shape index (κ3) is 6.44. The molecule has 0 bridgehead atoms. The number of pyridine rings is 1. The first-order chi connectivity index (χ1) is 16.2. The van der Waals surface area contributed by atoms with Crippen molar-refractivity contribution >= 4 is 11.7 Å². The van der Waals surface area contributed by atoms with E-state index in [1.54, 1.807) is 29.1 Å². The Labute approximate surface area is 192 Å². The predicted molar refractivity (Wildman–Crippen MR) is 113 cm³/mol. The molecule has 0 aliphatic carbocycles. The Morgan fingerprint density at radius 2 is 1.97 bits per heavy atom. The summed E-state index contributed by atoms with van der Waals surface area (Å²) in [4.78, 5) is 32.0. The molecular formula is C21H23F3N6O4. The normalized spacial score (nSPS) is 15.0. The highest BCUT2D eigenvalue weighted by Crippen LogP contribution is 2.32. The number of anilines is 1. The highest BCUT2D eigenvalue weighted by molar-refractivity contribution is 5.77. The summed E-state index contributed by atoms with van der Waals surface area (Å²) in [5.41, 5.74) is -2.37. The molecule has 34 heavy (non-hydrogen) atoms. The number of halogens is 3. The molecule has 1 saturated heterocycles. The Morgan fingerprint density at radius 1 is 1.24 bits per heavy atom. The number of nitriles is 1. The van der Waals surface area contributed by atoms with Gasteiger partial charge < -0.3 is 19.3 Å². The average molecular weight is 480 g/mol. The molecule has 3 rings (SSSR count). The Bertz CT molecular complexity index is 1080. The number of rotatable bonds is 8. The van der Waals surface area contributed by atoms with Gasteiger partial charge in [0.05, 0.1) is 30.9 Å². The van der Waals surface area contributed by atoms with Crippen molar-refractivity contribution in [2.24, 2.45) is 0 Å². The van der Waals surface area contributed by atoms with E-state index in [9.17, 15) is 22.8 Å². The molecule has 1 N–H and O–H groups in total. The van der Waals surface area contributed by atoms with Gasteiger partial charge in [-0.3, -0.25) is 9.59 Å². The molecule has 2 aromatic heterocycles. The van der Waals surface area contributed by atoms with Crippen molar-refractivity contribution in [1.29, 1.82) is 5.26 Å². The van der Waals surface area contributed by atoms with E-state index in [0.29, 0.717) is 31.7 Å². The standard InChI is InChI=1S/C21H23F3N6O4/c1-14(33-8-9-34-16-13-27-28-20(32)19(16)21(22,23)24)10-18(31)30-6-4-29(5-7-30)17-3-2-15(11-25)12-26-17/h2-3,12-14H,4-10H2,1H3,(H,28,32)/t14-/m1/s1. The van der Waals surface area contributed by atoms with Crippen LogP contribution in [-0.4, -0.2) is 71.5 Å². The van der Waals surface area contributed by atoms with Crippen LogP contribution in [0.1, 0.15) is 24.5 Å². The molecule has 1 atom stereocenters. The highest BCUT2D eigenvalue weighted by Gasteiger charge is 2.38. The number of aromatic nitrogens is 3. The van der Waals surface area contributed by atoms with Gasteiger partial charge in [-0.1, -0.05) is 0 Å². The number of hydrogen-bond donors (Lipinski definition) is 1. The monoisotopic (exact) mass is 480 g/mol. The number of hydrogen-bond acceptors (Lipinski definition) is 8. The fourth-order valence-corrected chi connectivity index (χ4v) is 3.42. The lowest BCUT2D eigenvalue weighted by atomic mass is 10.2. The zero-order chi connectivity index (χ0) is 24.7. The third-order valence-electron chi connectivity index (χ3n) is 5.14. The second kappa shape index (κ2) is 11.0. The van der Waals surface area contributed by atoms with E-state index in [1.165, 1.54) is 6.20 Å². The quantitative estimate of drug-likeness (QED) is 0.565. The van der Waals surface area contributed by atoms with Crippen molar-refractivity contribution in [2.45, 2.75) is 25.6 Å². The number of carbonyl (C=O) groups excluding carboxylic acids is 1. The first-order valence-corrected chi connectivity index (χ1v) is 10.5. The number of H-pyrrole nitrogens is 1.